The minimum atomic E-state index is 0.741. The smallest absolute Gasteiger partial charge is 0.0991 e. The van der Waals surface area contributed by atoms with Gasteiger partial charge in [-0.1, -0.05) is 24.3 Å². The van der Waals surface area contributed by atoms with Gasteiger partial charge in [0, 0.05) is 18.8 Å². The monoisotopic (exact) mass is 262 g/mol. The molecule has 0 saturated heterocycles. The molecule has 1 heterocycles. The number of fused-ring (bicyclic) bond motifs is 1. The predicted octanol–water partition coefficient (Wildman–Crippen LogP) is 3.82. The van der Waals surface area contributed by atoms with Gasteiger partial charge < -0.3 is 4.90 Å². The molecule has 2 heteroatoms. The SMILES string of the molecule is Cc1cc(C#N)ccc1CN1CCCc2ccccc21. The Morgan fingerprint density at radius 1 is 1.20 bits per heavy atom. The Kier molecular flexibility index (Phi) is 3.43. The van der Waals surface area contributed by atoms with E-state index in [2.05, 4.69) is 48.2 Å². The number of rotatable bonds is 2. The fraction of sp³-hybridized carbons (Fsp3) is 0.278. The number of benzene rings is 2. The van der Waals surface area contributed by atoms with Crippen molar-refractivity contribution in [2.75, 3.05) is 11.4 Å². The quantitative estimate of drug-likeness (QED) is 0.822. The summed E-state index contributed by atoms with van der Waals surface area (Å²) in [6.45, 7) is 4.12. The summed E-state index contributed by atoms with van der Waals surface area (Å²) in [5, 5.41) is 8.94. The molecule has 1 aliphatic heterocycles. The molecule has 1 aliphatic rings. The van der Waals surface area contributed by atoms with Crippen molar-refractivity contribution >= 4 is 5.69 Å². The van der Waals surface area contributed by atoms with Crippen LogP contribution in [0.3, 0.4) is 0 Å². The molecule has 2 aromatic rings. The number of nitrogens with zero attached hydrogens (tertiary/aromatic N) is 2. The average molecular weight is 262 g/mol. The van der Waals surface area contributed by atoms with Crippen molar-refractivity contribution in [2.45, 2.75) is 26.3 Å². The van der Waals surface area contributed by atoms with Crippen LogP contribution in [0.2, 0.25) is 0 Å². The van der Waals surface area contributed by atoms with Crippen molar-refractivity contribution in [2.24, 2.45) is 0 Å². The third-order valence-corrected chi connectivity index (χ3v) is 4.04. The van der Waals surface area contributed by atoms with E-state index in [1.807, 2.05) is 12.1 Å². The van der Waals surface area contributed by atoms with Gasteiger partial charge in [-0.15, -0.1) is 0 Å². The first kappa shape index (κ1) is 12.7. The molecule has 0 fully saturated rings. The summed E-state index contributed by atoms with van der Waals surface area (Å²) >= 11 is 0. The highest BCUT2D eigenvalue weighted by Crippen LogP contribution is 2.28. The molecule has 0 aromatic heterocycles. The Balaban J connectivity index is 1.88. The topological polar surface area (TPSA) is 27.0 Å². The largest absolute Gasteiger partial charge is 0.367 e. The number of para-hydroxylation sites is 1. The lowest BCUT2D eigenvalue weighted by molar-refractivity contribution is 0.690. The maximum Gasteiger partial charge on any atom is 0.0991 e. The molecule has 2 nitrogen and oxygen atoms in total. The minimum absolute atomic E-state index is 0.741. The predicted molar refractivity (Wildman–Crippen MR) is 81.7 cm³/mol. The average Bonchev–Trinajstić information content (AvgIpc) is 2.49. The van der Waals surface area contributed by atoms with E-state index < -0.39 is 0 Å². The van der Waals surface area contributed by atoms with Crippen molar-refractivity contribution in [3.8, 4) is 6.07 Å². The van der Waals surface area contributed by atoms with Gasteiger partial charge in [-0.05, 0) is 54.7 Å². The van der Waals surface area contributed by atoms with E-state index in [1.54, 1.807) is 0 Å². The Bertz CT molecular complexity index is 667. The van der Waals surface area contributed by atoms with E-state index in [1.165, 1.54) is 35.2 Å². The normalized spacial score (nSPS) is 13.7. The van der Waals surface area contributed by atoms with Gasteiger partial charge in [-0.3, -0.25) is 0 Å². The molecule has 0 radical (unpaired) electrons. The first-order chi connectivity index (χ1) is 9.78. The van der Waals surface area contributed by atoms with Gasteiger partial charge in [0.1, 0.15) is 0 Å². The summed E-state index contributed by atoms with van der Waals surface area (Å²) in [4.78, 5) is 2.45. The number of aryl methyl sites for hydroxylation is 2. The molecule has 0 aliphatic carbocycles. The first-order valence-corrected chi connectivity index (χ1v) is 7.10. The second-order valence-electron chi connectivity index (χ2n) is 5.41. The second-order valence-corrected chi connectivity index (χ2v) is 5.41. The van der Waals surface area contributed by atoms with Gasteiger partial charge in [0.2, 0.25) is 0 Å². The number of nitriles is 1. The van der Waals surface area contributed by atoms with Crippen LogP contribution in [0.5, 0.6) is 0 Å². The number of anilines is 1. The molecule has 3 rings (SSSR count). The van der Waals surface area contributed by atoms with Crippen LogP contribution < -0.4 is 4.90 Å². The molecular weight excluding hydrogens is 244 g/mol. The zero-order valence-corrected chi connectivity index (χ0v) is 11.8. The van der Waals surface area contributed by atoms with Crippen molar-refractivity contribution < 1.29 is 0 Å². The zero-order chi connectivity index (χ0) is 13.9. The minimum Gasteiger partial charge on any atom is -0.367 e. The van der Waals surface area contributed by atoms with E-state index in [4.69, 9.17) is 5.26 Å². The van der Waals surface area contributed by atoms with Crippen LogP contribution in [0, 0.1) is 18.3 Å². The lowest BCUT2D eigenvalue weighted by Crippen LogP contribution is -2.29. The standard InChI is InChI=1S/C18H18N2/c1-14-11-15(12-19)8-9-17(14)13-20-10-4-6-16-5-2-3-7-18(16)20/h2-3,5,7-9,11H,4,6,10,13H2,1H3. The summed E-state index contributed by atoms with van der Waals surface area (Å²) in [6.07, 6.45) is 2.39. The van der Waals surface area contributed by atoms with Gasteiger partial charge >= 0.3 is 0 Å². The summed E-state index contributed by atoms with van der Waals surface area (Å²) in [5.41, 5.74) is 6.06. The summed E-state index contributed by atoms with van der Waals surface area (Å²) in [6, 6.07) is 16.9. The van der Waals surface area contributed by atoms with Gasteiger partial charge in [-0.2, -0.15) is 5.26 Å². The van der Waals surface area contributed by atoms with Crippen LogP contribution in [0.15, 0.2) is 42.5 Å². The van der Waals surface area contributed by atoms with Gasteiger partial charge in [-0.25, -0.2) is 0 Å². The lowest BCUT2D eigenvalue weighted by Gasteiger charge is -2.31. The molecule has 100 valence electrons. The molecule has 0 saturated carbocycles. The van der Waals surface area contributed by atoms with Crippen molar-refractivity contribution in [1.82, 2.24) is 0 Å². The second kappa shape index (κ2) is 5.38. The number of hydrogen-bond acceptors (Lipinski definition) is 2. The molecule has 0 amide bonds. The van der Waals surface area contributed by atoms with Crippen LogP contribution in [-0.4, -0.2) is 6.54 Å². The molecular formula is C18H18N2. The molecule has 20 heavy (non-hydrogen) atoms. The Hall–Kier alpha value is -2.27. The first-order valence-electron chi connectivity index (χ1n) is 7.10. The molecule has 0 unspecified atom stereocenters. The third-order valence-electron chi connectivity index (χ3n) is 4.04. The van der Waals surface area contributed by atoms with Gasteiger partial charge in [0.05, 0.1) is 11.6 Å². The van der Waals surface area contributed by atoms with Crippen LogP contribution in [0.25, 0.3) is 0 Å². The molecule has 0 atom stereocenters. The van der Waals surface area contributed by atoms with Crippen molar-refractivity contribution in [3.05, 3.63) is 64.7 Å². The van der Waals surface area contributed by atoms with E-state index >= 15 is 0 Å². The van der Waals surface area contributed by atoms with Crippen molar-refractivity contribution in [3.63, 3.8) is 0 Å². The van der Waals surface area contributed by atoms with E-state index in [0.29, 0.717) is 0 Å². The Labute approximate surface area is 120 Å². The van der Waals surface area contributed by atoms with E-state index in [0.717, 1.165) is 18.7 Å². The van der Waals surface area contributed by atoms with E-state index in [-0.39, 0.29) is 0 Å². The Morgan fingerprint density at radius 2 is 2.05 bits per heavy atom. The van der Waals surface area contributed by atoms with Crippen LogP contribution in [0.1, 0.15) is 28.7 Å². The van der Waals surface area contributed by atoms with Crippen LogP contribution in [-0.2, 0) is 13.0 Å². The summed E-state index contributed by atoms with van der Waals surface area (Å²) in [5.74, 6) is 0. The number of hydrogen-bond donors (Lipinski definition) is 0. The highest BCUT2D eigenvalue weighted by atomic mass is 15.1. The molecule has 0 spiro atoms. The lowest BCUT2D eigenvalue weighted by atomic mass is 9.99. The van der Waals surface area contributed by atoms with Crippen LogP contribution in [0.4, 0.5) is 5.69 Å². The van der Waals surface area contributed by atoms with Gasteiger partial charge in [0.25, 0.3) is 0 Å². The molecule has 0 bridgehead atoms. The zero-order valence-electron chi connectivity index (χ0n) is 11.8. The third kappa shape index (κ3) is 2.40. The maximum absolute atomic E-state index is 8.94. The van der Waals surface area contributed by atoms with Gasteiger partial charge in [0.15, 0.2) is 0 Å². The fourth-order valence-corrected chi connectivity index (χ4v) is 2.92. The molecule has 0 N–H and O–H groups in total. The summed E-state index contributed by atoms with van der Waals surface area (Å²) in [7, 11) is 0. The highest BCUT2D eigenvalue weighted by molar-refractivity contribution is 5.56. The Morgan fingerprint density at radius 3 is 2.85 bits per heavy atom. The highest BCUT2D eigenvalue weighted by Gasteiger charge is 2.16. The molecule has 2 aromatic carbocycles. The van der Waals surface area contributed by atoms with Crippen LogP contribution >= 0.6 is 0 Å². The van der Waals surface area contributed by atoms with Crippen molar-refractivity contribution in [1.29, 1.82) is 5.26 Å². The van der Waals surface area contributed by atoms with E-state index in [9.17, 15) is 0 Å². The summed E-state index contributed by atoms with van der Waals surface area (Å²) < 4.78 is 0. The maximum atomic E-state index is 8.94. The fourth-order valence-electron chi connectivity index (χ4n) is 2.92.